The minimum Gasteiger partial charge on any atom is -0.339 e. The second kappa shape index (κ2) is 8.26. The number of pyridine rings is 1. The Kier molecular flexibility index (Phi) is 5.59. The zero-order chi connectivity index (χ0) is 17.8. The van der Waals surface area contributed by atoms with Gasteiger partial charge >= 0.3 is 0 Å². The third-order valence-corrected chi connectivity index (χ3v) is 6.22. The van der Waals surface area contributed by atoms with Gasteiger partial charge in [0.2, 0.25) is 5.91 Å². The molecule has 0 saturated carbocycles. The quantitative estimate of drug-likeness (QED) is 0.833. The molecule has 26 heavy (non-hydrogen) atoms. The topological polar surface area (TPSA) is 60.5 Å². The predicted molar refractivity (Wildman–Crippen MR) is 103 cm³/mol. The number of carbonyl (C=O) groups is 1. The molecule has 0 aliphatic carbocycles. The van der Waals surface area contributed by atoms with E-state index in [1.807, 2.05) is 17.3 Å². The van der Waals surface area contributed by atoms with E-state index in [9.17, 15) is 4.79 Å². The van der Waals surface area contributed by atoms with Crippen molar-refractivity contribution < 1.29 is 4.79 Å². The van der Waals surface area contributed by atoms with Gasteiger partial charge in [-0.3, -0.25) is 14.7 Å². The summed E-state index contributed by atoms with van der Waals surface area (Å²) in [5.74, 6) is 0.227. The van der Waals surface area contributed by atoms with Crippen molar-refractivity contribution in [1.29, 1.82) is 0 Å². The Morgan fingerprint density at radius 1 is 1.15 bits per heavy atom. The van der Waals surface area contributed by atoms with Crippen molar-refractivity contribution >= 4 is 17.2 Å². The number of hydrogen-bond donors (Lipinski definition) is 2. The van der Waals surface area contributed by atoms with Gasteiger partial charge in [0.1, 0.15) is 6.04 Å². The maximum atomic E-state index is 12.8. The maximum absolute atomic E-state index is 12.8. The molecule has 4 heterocycles. The zero-order valence-corrected chi connectivity index (χ0v) is 15.6. The summed E-state index contributed by atoms with van der Waals surface area (Å²) in [5.41, 5.74) is 7.79. The largest absolute Gasteiger partial charge is 0.339 e. The maximum Gasteiger partial charge on any atom is 0.241 e. The molecule has 2 N–H and O–H groups in total. The van der Waals surface area contributed by atoms with E-state index in [0.29, 0.717) is 0 Å². The van der Waals surface area contributed by atoms with Gasteiger partial charge in [-0.15, -0.1) is 11.3 Å². The summed E-state index contributed by atoms with van der Waals surface area (Å²) in [6.07, 6.45) is 5.55. The summed E-state index contributed by atoms with van der Waals surface area (Å²) < 4.78 is 0. The molecule has 138 valence electrons. The molecule has 0 aromatic carbocycles. The molecule has 2 saturated heterocycles. The third-order valence-electron chi connectivity index (χ3n) is 5.24. The Morgan fingerprint density at radius 2 is 1.96 bits per heavy atom. The van der Waals surface area contributed by atoms with Crippen LogP contribution in [-0.2, 0) is 11.2 Å². The van der Waals surface area contributed by atoms with Crippen LogP contribution in [0.25, 0.3) is 0 Å². The first-order valence-corrected chi connectivity index (χ1v) is 10.1. The lowest BCUT2D eigenvalue weighted by Crippen LogP contribution is -2.53. The van der Waals surface area contributed by atoms with Crippen LogP contribution in [0.2, 0.25) is 0 Å². The van der Waals surface area contributed by atoms with E-state index >= 15 is 0 Å². The average molecular weight is 372 g/mol. The highest BCUT2D eigenvalue weighted by atomic mass is 32.1. The number of nitrogens with one attached hydrogen (secondary N) is 2. The van der Waals surface area contributed by atoms with E-state index in [1.54, 1.807) is 11.3 Å². The van der Waals surface area contributed by atoms with Gasteiger partial charge < -0.3 is 4.90 Å². The summed E-state index contributed by atoms with van der Waals surface area (Å²) in [6.45, 7) is 4.57. The summed E-state index contributed by atoms with van der Waals surface area (Å²) >= 11 is 1.74. The number of amides is 1. The Bertz CT molecular complexity index is 700. The average Bonchev–Trinajstić information content (AvgIpc) is 3.38. The summed E-state index contributed by atoms with van der Waals surface area (Å²) in [7, 11) is 0. The van der Waals surface area contributed by atoms with Gasteiger partial charge in [0.15, 0.2) is 0 Å². The lowest BCUT2D eigenvalue weighted by molar-refractivity contribution is -0.134. The first kappa shape index (κ1) is 17.6. The van der Waals surface area contributed by atoms with Crippen LogP contribution in [0.1, 0.15) is 22.9 Å². The van der Waals surface area contributed by atoms with Crippen LogP contribution in [0.15, 0.2) is 42.0 Å². The molecule has 2 atom stereocenters. The van der Waals surface area contributed by atoms with Crippen LogP contribution in [0.5, 0.6) is 0 Å². The minimum atomic E-state index is -0.120. The van der Waals surface area contributed by atoms with Crippen molar-refractivity contribution in [3.8, 4) is 0 Å². The highest BCUT2D eigenvalue weighted by molar-refractivity contribution is 7.10. The molecule has 2 fully saturated rings. The van der Waals surface area contributed by atoms with E-state index < -0.39 is 0 Å². The lowest BCUT2D eigenvalue weighted by Gasteiger charge is -2.35. The van der Waals surface area contributed by atoms with Crippen LogP contribution in [-0.4, -0.2) is 59.5 Å². The van der Waals surface area contributed by atoms with Gasteiger partial charge in [0, 0.05) is 50.0 Å². The molecular formula is C19H25N5OS. The first-order valence-electron chi connectivity index (χ1n) is 9.24. The molecular weight excluding hydrogens is 346 g/mol. The predicted octanol–water partition coefficient (Wildman–Crippen LogP) is 1.44. The van der Waals surface area contributed by atoms with Crippen molar-refractivity contribution in [2.45, 2.75) is 24.9 Å². The van der Waals surface area contributed by atoms with Crippen LogP contribution in [0.4, 0.5) is 0 Å². The molecule has 6 nitrogen and oxygen atoms in total. The van der Waals surface area contributed by atoms with E-state index in [4.69, 9.17) is 0 Å². The molecule has 7 heteroatoms. The number of hydrogen-bond acceptors (Lipinski definition) is 6. The van der Waals surface area contributed by atoms with Gasteiger partial charge in [-0.2, -0.15) is 0 Å². The number of aromatic nitrogens is 1. The van der Waals surface area contributed by atoms with Crippen molar-refractivity contribution in [1.82, 2.24) is 25.6 Å². The summed E-state index contributed by atoms with van der Waals surface area (Å²) in [4.78, 5) is 22.6. The molecule has 2 aliphatic heterocycles. The lowest BCUT2D eigenvalue weighted by atomic mass is 10.1. The Labute approximate surface area is 158 Å². The Balaban J connectivity index is 1.22. The molecule has 0 spiro atoms. The van der Waals surface area contributed by atoms with E-state index in [2.05, 4.69) is 50.4 Å². The molecule has 0 bridgehead atoms. The molecule has 2 unspecified atom stereocenters. The number of nitrogens with zero attached hydrogens (tertiary/aromatic N) is 3. The fourth-order valence-electron chi connectivity index (χ4n) is 3.64. The van der Waals surface area contributed by atoms with E-state index in [-0.39, 0.29) is 18.0 Å². The molecule has 1 amide bonds. The van der Waals surface area contributed by atoms with Crippen LogP contribution in [0, 0.1) is 0 Å². The minimum absolute atomic E-state index is 0.120. The van der Waals surface area contributed by atoms with Crippen LogP contribution >= 0.6 is 11.3 Å². The van der Waals surface area contributed by atoms with E-state index in [1.165, 1.54) is 10.4 Å². The molecule has 2 aromatic heterocycles. The standard InChI is InChI=1S/C19H25N5OS/c25-19(17-14-16(21-22-17)18-2-1-13-26-18)24-11-9-23(10-12-24)8-5-15-3-6-20-7-4-15/h1-4,6-7,13,16-17,21-22H,5,8-12,14H2. The second-order valence-electron chi connectivity index (χ2n) is 6.92. The van der Waals surface area contributed by atoms with Crippen molar-refractivity contribution in [3.63, 3.8) is 0 Å². The monoisotopic (exact) mass is 371 g/mol. The molecule has 2 aliphatic rings. The van der Waals surface area contributed by atoms with Crippen LogP contribution in [0.3, 0.4) is 0 Å². The fourth-order valence-corrected chi connectivity index (χ4v) is 4.43. The number of hydrazine groups is 1. The Hall–Kier alpha value is -1.80. The normalized spacial score (nSPS) is 24.1. The van der Waals surface area contributed by atoms with Gasteiger partial charge in [-0.25, -0.2) is 10.9 Å². The number of carbonyl (C=O) groups excluding carboxylic acids is 1. The zero-order valence-electron chi connectivity index (χ0n) is 14.8. The highest BCUT2D eigenvalue weighted by Crippen LogP contribution is 2.26. The number of thiophene rings is 1. The van der Waals surface area contributed by atoms with Crippen molar-refractivity contribution in [2.75, 3.05) is 32.7 Å². The van der Waals surface area contributed by atoms with Crippen molar-refractivity contribution in [3.05, 3.63) is 52.5 Å². The number of rotatable bonds is 5. The van der Waals surface area contributed by atoms with Crippen molar-refractivity contribution in [2.24, 2.45) is 0 Å². The molecule has 4 rings (SSSR count). The van der Waals surface area contributed by atoms with E-state index in [0.717, 1.165) is 45.6 Å². The SMILES string of the molecule is O=C(C1CC(c2cccs2)NN1)N1CCN(CCc2ccncc2)CC1. The van der Waals surface area contributed by atoms with Crippen LogP contribution < -0.4 is 10.9 Å². The fraction of sp³-hybridized carbons (Fsp3) is 0.474. The first-order chi connectivity index (χ1) is 12.8. The highest BCUT2D eigenvalue weighted by Gasteiger charge is 2.34. The van der Waals surface area contributed by atoms with Gasteiger partial charge in [-0.1, -0.05) is 6.07 Å². The van der Waals surface area contributed by atoms with Gasteiger partial charge in [0.25, 0.3) is 0 Å². The smallest absolute Gasteiger partial charge is 0.241 e. The molecule has 2 aromatic rings. The number of piperazine rings is 1. The second-order valence-corrected chi connectivity index (χ2v) is 7.90. The third kappa shape index (κ3) is 4.12. The van der Waals surface area contributed by atoms with Gasteiger partial charge in [-0.05, 0) is 42.0 Å². The summed E-state index contributed by atoms with van der Waals surface area (Å²) in [6, 6.07) is 8.45. The van der Waals surface area contributed by atoms with Gasteiger partial charge in [0.05, 0.1) is 6.04 Å². The summed E-state index contributed by atoms with van der Waals surface area (Å²) in [5, 5.41) is 2.08. The Morgan fingerprint density at radius 3 is 2.69 bits per heavy atom. The molecule has 0 radical (unpaired) electrons.